The van der Waals surface area contributed by atoms with Crippen molar-refractivity contribution < 1.29 is 9.59 Å². The van der Waals surface area contributed by atoms with Gasteiger partial charge in [0.1, 0.15) is 0 Å². The molecular formula is C26H24N2O2S. The van der Waals surface area contributed by atoms with Gasteiger partial charge < -0.3 is 0 Å². The van der Waals surface area contributed by atoms with Crippen molar-refractivity contribution in [3.63, 3.8) is 0 Å². The number of carbonyl (C=O) groups excluding carboxylic acids is 2. The van der Waals surface area contributed by atoms with Gasteiger partial charge in [-0.05, 0) is 42.2 Å². The van der Waals surface area contributed by atoms with Crippen LogP contribution in [0.25, 0.3) is 10.2 Å². The molecule has 0 unspecified atom stereocenters. The molecule has 0 aliphatic heterocycles. The summed E-state index contributed by atoms with van der Waals surface area (Å²) in [6.07, 6.45) is 0. The Morgan fingerprint density at radius 3 is 2.23 bits per heavy atom. The molecule has 4 aromatic rings. The highest BCUT2D eigenvalue weighted by molar-refractivity contribution is 7.22. The molecule has 1 aromatic heterocycles. The molecule has 0 N–H and O–H groups in total. The molecule has 0 aliphatic carbocycles. The van der Waals surface area contributed by atoms with Crippen LogP contribution in [0.2, 0.25) is 0 Å². The third kappa shape index (κ3) is 4.42. The summed E-state index contributed by atoms with van der Waals surface area (Å²) in [6, 6.07) is 22.9. The fraction of sp³-hybridized carbons (Fsp3) is 0.192. The number of ketones is 1. The molecule has 4 nitrogen and oxygen atoms in total. The average molecular weight is 429 g/mol. The van der Waals surface area contributed by atoms with Crippen molar-refractivity contribution in [2.75, 3.05) is 4.90 Å². The summed E-state index contributed by atoms with van der Waals surface area (Å²) in [6.45, 7) is 6.24. The third-order valence-electron chi connectivity index (χ3n) is 5.26. The number of anilines is 1. The van der Waals surface area contributed by atoms with Crippen molar-refractivity contribution in [1.29, 1.82) is 0 Å². The number of para-hydroxylation sites is 1. The van der Waals surface area contributed by atoms with Gasteiger partial charge in [-0.3, -0.25) is 14.5 Å². The lowest BCUT2D eigenvalue weighted by atomic mass is 10.0. The van der Waals surface area contributed by atoms with Gasteiger partial charge in [-0.1, -0.05) is 79.8 Å². The maximum absolute atomic E-state index is 13.5. The highest BCUT2D eigenvalue weighted by atomic mass is 32.1. The van der Waals surface area contributed by atoms with Gasteiger partial charge in [-0.2, -0.15) is 0 Å². The number of nitrogens with zero attached hydrogens (tertiary/aromatic N) is 2. The summed E-state index contributed by atoms with van der Waals surface area (Å²) in [5.74, 6) is 0.188. The lowest BCUT2D eigenvalue weighted by molar-refractivity contribution is 0.0981. The topological polar surface area (TPSA) is 50.3 Å². The van der Waals surface area contributed by atoms with Gasteiger partial charge in [-0.15, -0.1) is 0 Å². The number of benzene rings is 3. The average Bonchev–Trinajstić information content (AvgIpc) is 3.21. The van der Waals surface area contributed by atoms with Crippen LogP contribution in [0.4, 0.5) is 5.13 Å². The molecule has 0 atom stereocenters. The Balaban J connectivity index is 1.77. The smallest absolute Gasteiger partial charge is 0.260 e. The van der Waals surface area contributed by atoms with E-state index in [4.69, 9.17) is 4.98 Å². The Bertz CT molecular complexity index is 1230. The first kappa shape index (κ1) is 20.9. The largest absolute Gasteiger partial charge is 0.295 e. The zero-order chi connectivity index (χ0) is 22.0. The van der Waals surface area contributed by atoms with E-state index in [0.717, 1.165) is 15.8 Å². The molecule has 1 heterocycles. The zero-order valence-electron chi connectivity index (χ0n) is 17.8. The van der Waals surface area contributed by atoms with Crippen LogP contribution in [0, 0.1) is 0 Å². The van der Waals surface area contributed by atoms with E-state index in [1.807, 2.05) is 36.4 Å². The molecule has 3 aromatic carbocycles. The van der Waals surface area contributed by atoms with Crippen LogP contribution in [-0.2, 0) is 6.54 Å². The number of rotatable bonds is 6. The maximum Gasteiger partial charge on any atom is 0.260 e. The number of fused-ring (bicyclic) bond motifs is 1. The van der Waals surface area contributed by atoms with Gasteiger partial charge in [0, 0.05) is 11.1 Å². The summed E-state index contributed by atoms with van der Waals surface area (Å²) in [5.41, 5.74) is 4.28. The number of thiazole rings is 1. The van der Waals surface area contributed by atoms with E-state index in [1.54, 1.807) is 29.2 Å². The van der Waals surface area contributed by atoms with Gasteiger partial charge in [0.05, 0.1) is 16.8 Å². The van der Waals surface area contributed by atoms with Crippen LogP contribution in [0.3, 0.4) is 0 Å². The number of aromatic nitrogens is 1. The minimum absolute atomic E-state index is 0.0208. The third-order valence-corrected chi connectivity index (χ3v) is 6.30. The van der Waals surface area contributed by atoms with Gasteiger partial charge >= 0.3 is 0 Å². The minimum atomic E-state index is -0.135. The molecule has 0 saturated carbocycles. The molecule has 0 fully saturated rings. The van der Waals surface area contributed by atoms with Crippen molar-refractivity contribution in [1.82, 2.24) is 4.98 Å². The summed E-state index contributed by atoms with van der Waals surface area (Å²) >= 11 is 1.53. The van der Waals surface area contributed by atoms with E-state index < -0.39 is 0 Å². The Kier molecular flexibility index (Phi) is 5.96. The Morgan fingerprint density at radius 1 is 0.903 bits per heavy atom. The van der Waals surface area contributed by atoms with Crippen LogP contribution < -0.4 is 4.90 Å². The summed E-state index contributed by atoms with van der Waals surface area (Å²) in [4.78, 5) is 31.8. The molecular weight excluding hydrogens is 404 g/mol. The van der Waals surface area contributed by atoms with Crippen molar-refractivity contribution in [3.8, 4) is 0 Å². The molecule has 5 heteroatoms. The summed E-state index contributed by atoms with van der Waals surface area (Å²) < 4.78 is 1.07. The number of hydrogen-bond acceptors (Lipinski definition) is 4. The van der Waals surface area contributed by atoms with E-state index in [2.05, 4.69) is 26.0 Å². The molecule has 0 saturated heterocycles. The highest BCUT2D eigenvalue weighted by Crippen LogP contribution is 2.34. The standard InChI is InChI=1S/C26H24N2O2S/c1-17(2)22-10-7-11-23-24(22)27-26(31-23)28(16-19-8-5-4-6-9-19)25(30)21-14-12-20(13-15-21)18(3)29/h4-15,17H,16H2,1-3H3. The van der Waals surface area contributed by atoms with E-state index in [1.165, 1.54) is 23.8 Å². The molecule has 0 radical (unpaired) electrons. The molecule has 0 aliphatic rings. The van der Waals surface area contributed by atoms with Crippen molar-refractivity contribution in [3.05, 3.63) is 95.1 Å². The van der Waals surface area contributed by atoms with E-state index in [0.29, 0.717) is 28.7 Å². The Morgan fingerprint density at radius 2 is 1.58 bits per heavy atom. The lowest BCUT2D eigenvalue weighted by Gasteiger charge is -2.20. The predicted octanol–water partition coefficient (Wildman–Crippen LogP) is 6.47. The SMILES string of the molecule is CC(=O)c1ccc(C(=O)N(Cc2ccccc2)c2nc3c(C(C)C)cccc3s2)cc1. The maximum atomic E-state index is 13.5. The molecule has 1 amide bonds. The van der Waals surface area contributed by atoms with E-state index >= 15 is 0 Å². The fourth-order valence-electron chi connectivity index (χ4n) is 3.54. The van der Waals surface area contributed by atoms with Crippen LogP contribution in [0.1, 0.15) is 58.5 Å². The van der Waals surface area contributed by atoms with Crippen LogP contribution in [0.5, 0.6) is 0 Å². The normalized spacial score (nSPS) is 11.1. The summed E-state index contributed by atoms with van der Waals surface area (Å²) in [5, 5.41) is 0.674. The molecule has 4 rings (SSSR count). The quantitative estimate of drug-likeness (QED) is 0.331. The first-order valence-corrected chi connectivity index (χ1v) is 11.1. The Labute approximate surface area is 186 Å². The molecule has 31 heavy (non-hydrogen) atoms. The van der Waals surface area contributed by atoms with Gasteiger partial charge in [0.2, 0.25) is 0 Å². The first-order valence-electron chi connectivity index (χ1n) is 10.3. The van der Waals surface area contributed by atoms with Crippen LogP contribution in [-0.4, -0.2) is 16.7 Å². The fourth-order valence-corrected chi connectivity index (χ4v) is 4.53. The van der Waals surface area contributed by atoms with Crippen LogP contribution >= 0.6 is 11.3 Å². The second kappa shape index (κ2) is 8.82. The second-order valence-corrected chi connectivity index (χ2v) is 8.86. The van der Waals surface area contributed by atoms with Crippen molar-refractivity contribution in [2.45, 2.75) is 33.2 Å². The second-order valence-electron chi connectivity index (χ2n) is 7.86. The molecule has 156 valence electrons. The van der Waals surface area contributed by atoms with Gasteiger partial charge in [-0.25, -0.2) is 4.98 Å². The van der Waals surface area contributed by atoms with E-state index in [9.17, 15) is 9.59 Å². The van der Waals surface area contributed by atoms with Gasteiger partial charge in [0.25, 0.3) is 5.91 Å². The monoisotopic (exact) mass is 428 g/mol. The zero-order valence-corrected chi connectivity index (χ0v) is 18.6. The molecule has 0 spiro atoms. The lowest BCUT2D eigenvalue weighted by Crippen LogP contribution is -2.30. The van der Waals surface area contributed by atoms with Gasteiger partial charge in [0.15, 0.2) is 10.9 Å². The highest BCUT2D eigenvalue weighted by Gasteiger charge is 2.23. The number of amides is 1. The predicted molar refractivity (Wildman–Crippen MR) is 127 cm³/mol. The minimum Gasteiger partial charge on any atom is -0.295 e. The van der Waals surface area contributed by atoms with Crippen molar-refractivity contribution >= 4 is 38.4 Å². The van der Waals surface area contributed by atoms with Crippen LogP contribution in [0.15, 0.2) is 72.8 Å². The van der Waals surface area contributed by atoms with E-state index in [-0.39, 0.29) is 11.7 Å². The summed E-state index contributed by atoms with van der Waals surface area (Å²) in [7, 11) is 0. The molecule has 0 bridgehead atoms. The number of hydrogen-bond donors (Lipinski definition) is 0. The number of Topliss-reactive ketones (excluding diaryl/α,β-unsaturated/α-hetero) is 1. The Hall–Kier alpha value is -3.31. The number of carbonyl (C=O) groups is 2. The first-order chi connectivity index (χ1) is 14.9. The van der Waals surface area contributed by atoms with Crippen molar-refractivity contribution in [2.24, 2.45) is 0 Å².